The van der Waals surface area contributed by atoms with Crippen molar-refractivity contribution in [2.75, 3.05) is 25.1 Å². The van der Waals surface area contributed by atoms with Crippen molar-refractivity contribution in [2.24, 2.45) is 0 Å². The average Bonchev–Trinajstić information content (AvgIpc) is 2.70. The van der Waals surface area contributed by atoms with Gasteiger partial charge >= 0.3 is 0 Å². The fourth-order valence-electron chi connectivity index (χ4n) is 2.07. The Labute approximate surface area is 119 Å². The van der Waals surface area contributed by atoms with E-state index in [1.54, 1.807) is 6.26 Å². The van der Waals surface area contributed by atoms with Gasteiger partial charge in [0.25, 0.3) is 0 Å². The van der Waals surface area contributed by atoms with Crippen LogP contribution in [0.15, 0.2) is 22.7 Å². The van der Waals surface area contributed by atoms with Gasteiger partial charge in [0, 0.05) is 40.2 Å². The first-order valence-corrected chi connectivity index (χ1v) is 8.63. The summed E-state index contributed by atoms with van der Waals surface area (Å²) in [4.78, 5) is 0. The third-order valence-electron chi connectivity index (χ3n) is 2.92. The highest BCUT2D eigenvalue weighted by molar-refractivity contribution is 9.10. The number of hydrogen-bond acceptors (Lipinski definition) is 3. The van der Waals surface area contributed by atoms with Gasteiger partial charge in [0.1, 0.15) is 11.9 Å². The minimum atomic E-state index is -0.683. The van der Waals surface area contributed by atoms with E-state index in [1.807, 2.05) is 12.1 Å². The number of nitrogens with one attached hydrogen (secondary N) is 1. The molecule has 1 aliphatic rings. The molecule has 0 aliphatic carbocycles. The second kappa shape index (κ2) is 6.68. The summed E-state index contributed by atoms with van der Waals surface area (Å²) in [6.45, 7) is 1.75. The minimum absolute atomic E-state index is 0.224. The molecule has 100 valence electrons. The van der Waals surface area contributed by atoms with Crippen molar-refractivity contribution in [3.8, 4) is 5.75 Å². The van der Waals surface area contributed by atoms with Gasteiger partial charge in [-0.3, -0.25) is 4.21 Å². The standard InChI is InChI=1S/C13H18BrNO2S/c1-18(16)6-2-5-15-9-12-8-10-7-11(14)3-4-13(10)17-12/h3-4,7,12,15H,2,5-6,8-9H2,1H3. The van der Waals surface area contributed by atoms with Gasteiger partial charge in [0.2, 0.25) is 0 Å². The molecule has 1 aromatic rings. The van der Waals surface area contributed by atoms with Crippen molar-refractivity contribution in [2.45, 2.75) is 18.9 Å². The van der Waals surface area contributed by atoms with E-state index in [0.717, 1.165) is 41.9 Å². The lowest BCUT2D eigenvalue weighted by Crippen LogP contribution is -2.31. The summed E-state index contributed by atoms with van der Waals surface area (Å²) in [7, 11) is -0.683. The molecule has 1 aromatic carbocycles. The van der Waals surface area contributed by atoms with Crippen LogP contribution in [0.5, 0.6) is 5.75 Å². The van der Waals surface area contributed by atoms with Gasteiger partial charge in [0.05, 0.1) is 0 Å². The van der Waals surface area contributed by atoms with E-state index in [2.05, 4.69) is 27.3 Å². The van der Waals surface area contributed by atoms with E-state index in [0.29, 0.717) is 0 Å². The number of ether oxygens (including phenoxy) is 1. The molecule has 2 unspecified atom stereocenters. The van der Waals surface area contributed by atoms with Crippen LogP contribution in [0.2, 0.25) is 0 Å². The molecule has 1 heterocycles. The molecule has 0 spiro atoms. The zero-order valence-electron chi connectivity index (χ0n) is 10.4. The fraction of sp³-hybridized carbons (Fsp3) is 0.538. The Morgan fingerprint density at radius 3 is 3.17 bits per heavy atom. The van der Waals surface area contributed by atoms with Crippen LogP contribution in [0.3, 0.4) is 0 Å². The fourth-order valence-corrected chi connectivity index (χ4v) is 3.03. The van der Waals surface area contributed by atoms with Crippen LogP contribution in [0.25, 0.3) is 0 Å². The Morgan fingerprint density at radius 2 is 2.39 bits per heavy atom. The molecular formula is C13H18BrNO2S. The van der Waals surface area contributed by atoms with Gasteiger partial charge in [-0.25, -0.2) is 0 Å². The van der Waals surface area contributed by atoms with Gasteiger partial charge in [-0.15, -0.1) is 0 Å². The highest BCUT2D eigenvalue weighted by Gasteiger charge is 2.22. The summed E-state index contributed by atoms with van der Waals surface area (Å²) in [5, 5.41) is 3.36. The predicted molar refractivity (Wildman–Crippen MR) is 78.7 cm³/mol. The highest BCUT2D eigenvalue weighted by Crippen LogP contribution is 2.30. The Balaban J connectivity index is 1.70. The van der Waals surface area contributed by atoms with Crippen molar-refractivity contribution in [1.82, 2.24) is 5.32 Å². The Bertz CT molecular complexity index is 439. The summed E-state index contributed by atoms with van der Waals surface area (Å²) in [6, 6.07) is 6.14. The number of rotatable bonds is 6. The lowest BCUT2D eigenvalue weighted by molar-refractivity contribution is 0.228. The van der Waals surface area contributed by atoms with Crippen molar-refractivity contribution < 1.29 is 8.95 Å². The van der Waals surface area contributed by atoms with Crippen molar-refractivity contribution >= 4 is 26.7 Å². The summed E-state index contributed by atoms with van der Waals surface area (Å²) >= 11 is 3.47. The van der Waals surface area contributed by atoms with E-state index in [-0.39, 0.29) is 6.10 Å². The molecule has 0 saturated carbocycles. The van der Waals surface area contributed by atoms with Crippen LogP contribution < -0.4 is 10.1 Å². The molecule has 0 fully saturated rings. The van der Waals surface area contributed by atoms with Crippen LogP contribution in [-0.2, 0) is 17.2 Å². The first kappa shape index (κ1) is 14.0. The Hall–Kier alpha value is -0.390. The Morgan fingerprint density at radius 1 is 1.56 bits per heavy atom. The molecule has 1 N–H and O–H groups in total. The molecule has 5 heteroatoms. The smallest absolute Gasteiger partial charge is 0.123 e. The molecule has 0 radical (unpaired) electrons. The lowest BCUT2D eigenvalue weighted by atomic mass is 10.1. The molecule has 18 heavy (non-hydrogen) atoms. The maximum atomic E-state index is 10.9. The quantitative estimate of drug-likeness (QED) is 0.811. The van der Waals surface area contributed by atoms with Crippen molar-refractivity contribution in [3.63, 3.8) is 0 Å². The first-order chi connectivity index (χ1) is 8.65. The molecule has 0 bridgehead atoms. The summed E-state index contributed by atoms with van der Waals surface area (Å²) in [5.41, 5.74) is 1.27. The number of benzene rings is 1. The van der Waals surface area contributed by atoms with Gasteiger partial charge in [0.15, 0.2) is 0 Å². The van der Waals surface area contributed by atoms with Crippen molar-refractivity contribution in [3.05, 3.63) is 28.2 Å². The number of hydrogen-bond donors (Lipinski definition) is 1. The number of halogens is 1. The zero-order chi connectivity index (χ0) is 13.0. The summed E-state index contributed by atoms with van der Waals surface area (Å²) in [5.74, 6) is 1.77. The maximum absolute atomic E-state index is 10.9. The van der Waals surface area contributed by atoms with Crippen LogP contribution in [0.1, 0.15) is 12.0 Å². The molecule has 0 saturated heterocycles. The van der Waals surface area contributed by atoms with Gasteiger partial charge in [-0.2, -0.15) is 0 Å². The average molecular weight is 332 g/mol. The van der Waals surface area contributed by atoms with Crippen LogP contribution in [-0.4, -0.2) is 35.4 Å². The van der Waals surface area contributed by atoms with E-state index < -0.39 is 10.8 Å². The largest absolute Gasteiger partial charge is 0.488 e. The van der Waals surface area contributed by atoms with Crippen LogP contribution >= 0.6 is 15.9 Å². The lowest BCUT2D eigenvalue weighted by Gasteiger charge is -2.11. The predicted octanol–water partition coefficient (Wildman–Crippen LogP) is 2.11. The van der Waals surface area contributed by atoms with E-state index in [9.17, 15) is 4.21 Å². The maximum Gasteiger partial charge on any atom is 0.123 e. The normalized spacial score (nSPS) is 19.3. The minimum Gasteiger partial charge on any atom is -0.488 e. The first-order valence-electron chi connectivity index (χ1n) is 6.11. The van der Waals surface area contributed by atoms with E-state index >= 15 is 0 Å². The topological polar surface area (TPSA) is 38.3 Å². The third kappa shape index (κ3) is 4.07. The van der Waals surface area contributed by atoms with Gasteiger partial charge in [-0.05, 0) is 36.7 Å². The molecule has 3 nitrogen and oxygen atoms in total. The molecule has 2 atom stereocenters. The van der Waals surface area contributed by atoms with E-state index in [4.69, 9.17) is 4.74 Å². The van der Waals surface area contributed by atoms with E-state index in [1.165, 1.54) is 5.56 Å². The summed E-state index contributed by atoms with van der Waals surface area (Å²) in [6.07, 6.45) is 3.88. The number of fused-ring (bicyclic) bond motifs is 1. The zero-order valence-corrected chi connectivity index (χ0v) is 12.9. The molecule has 0 amide bonds. The highest BCUT2D eigenvalue weighted by atomic mass is 79.9. The molecule has 0 aromatic heterocycles. The van der Waals surface area contributed by atoms with Crippen LogP contribution in [0.4, 0.5) is 0 Å². The van der Waals surface area contributed by atoms with Crippen molar-refractivity contribution in [1.29, 1.82) is 0 Å². The molecule has 1 aliphatic heterocycles. The van der Waals surface area contributed by atoms with Gasteiger partial charge in [-0.1, -0.05) is 15.9 Å². The molecule has 2 rings (SSSR count). The second-order valence-electron chi connectivity index (χ2n) is 4.53. The third-order valence-corrected chi connectivity index (χ3v) is 4.28. The molecular weight excluding hydrogens is 314 g/mol. The monoisotopic (exact) mass is 331 g/mol. The van der Waals surface area contributed by atoms with Crippen LogP contribution in [0, 0.1) is 0 Å². The Kier molecular flexibility index (Phi) is 5.21. The summed E-state index contributed by atoms with van der Waals surface area (Å²) < 4.78 is 17.8. The van der Waals surface area contributed by atoms with Gasteiger partial charge < -0.3 is 10.1 Å². The SMILES string of the molecule is CS(=O)CCCNCC1Cc2cc(Br)ccc2O1. The second-order valence-corrected chi connectivity index (χ2v) is 7.00.